The van der Waals surface area contributed by atoms with E-state index in [0.717, 1.165) is 24.9 Å². The first-order chi connectivity index (χ1) is 18.3. The Kier molecular flexibility index (Phi) is 24.4. The van der Waals surface area contributed by atoms with Gasteiger partial charge in [-0.25, -0.2) is 0 Å². The van der Waals surface area contributed by atoms with E-state index in [2.05, 4.69) is 95.3 Å². The number of nitrogens with zero attached hydrogens (tertiary/aromatic N) is 1. The molecule has 3 atom stereocenters. The van der Waals surface area contributed by atoms with Gasteiger partial charge in [-0.2, -0.15) is 0 Å². The Balaban J connectivity index is 0. The molecule has 0 aliphatic carbocycles. The first-order valence-corrected chi connectivity index (χ1v) is 14.1. The van der Waals surface area contributed by atoms with Crippen LogP contribution in [0.3, 0.4) is 0 Å². The molecule has 4 nitrogen and oxygen atoms in total. The van der Waals surface area contributed by atoms with E-state index in [1.54, 1.807) is 0 Å². The summed E-state index contributed by atoms with van der Waals surface area (Å²) in [6.07, 6.45) is 13.3. The largest absolute Gasteiger partial charge is 0.385 e. The van der Waals surface area contributed by atoms with Crippen molar-refractivity contribution in [3.05, 3.63) is 65.7 Å². The standard InChI is InChI=1S/C19H32N2.C6H15N.C6H6.C2H2.CH2O/c1-13(2)16-8-9-19-18(10-16)15(4)17(12-21-19)7-6-14(3)11-20-5;1-4-5-6-7(2)3;1-2-4-6-5-3-1;2*1-2/h8-10,13-15,17,20-21H,6-7,11-12H2,1-5H3;4-6H2,1-3H3;1-6H;1-2H;1H2. The number of hydrogen-bond donors (Lipinski definition) is 2. The summed E-state index contributed by atoms with van der Waals surface area (Å²) in [6.45, 7) is 17.0. The third-order valence-corrected chi connectivity index (χ3v) is 6.70. The summed E-state index contributed by atoms with van der Waals surface area (Å²) in [5.41, 5.74) is 4.34. The Morgan fingerprint density at radius 2 is 1.61 bits per heavy atom. The van der Waals surface area contributed by atoms with Gasteiger partial charge in [-0.3, -0.25) is 0 Å². The summed E-state index contributed by atoms with van der Waals surface area (Å²) >= 11 is 0. The monoisotopic (exact) mass is 523 g/mol. The van der Waals surface area contributed by atoms with Crippen LogP contribution in [0.25, 0.3) is 0 Å². The third-order valence-electron chi connectivity index (χ3n) is 6.70. The molecule has 0 saturated carbocycles. The lowest BCUT2D eigenvalue weighted by atomic mass is 9.79. The molecule has 0 fully saturated rings. The van der Waals surface area contributed by atoms with Crippen LogP contribution in [-0.4, -0.2) is 52.5 Å². The highest BCUT2D eigenvalue weighted by molar-refractivity contribution is 5.56. The van der Waals surface area contributed by atoms with E-state index in [0.29, 0.717) is 11.8 Å². The van der Waals surface area contributed by atoms with Gasteiger partial charge in [0.25, 0.3) is 0 Å². The van der Waals surface area contributed by atoms with Crippen LogP contribution >= 0.6 is 0 Å². The summed E-state index contributed by atoms with van der Waals surface area (Å²) in [5.74, 6) is 2.81. The van der Waals surface area contributed by atoms with Gasteiger partial charge in [-0.05, 0) is 94.4 Å². The van der Waals surface area contributed by atoms with Gasteiger partial charge >= 0.3 is 0 Å². The van der Waals surface area contributed by atoms with Crippen molar-refractivity contribution < 1.29 is 4.79 Å². The molecule has 2 aromatic rings. The van der Waals surface area contributed by atoms with E-state index in [4.69, 9.17) is 4.79 Å². The van der Waals surface area contributed by atoms with Gasteiger partial charge in [0, 0.05) is 12.2 Å². The quantitative estimate of drug-likeness (QED) is 0.331. The zero-order valence-electron chi connectivity index (χ0n) is 25.7. The lowest BCUT2D eigenvalue weighted by Gasteiger charge is -2.33. The normalized spacial score (nSPS) is 15.9. The fraction of sp³-hybridized carbons (Fsp3) is 0.559. The van der Waals surface area contributed by atoms with Crippen molar-refractivity contribution >= 4 is 12.5 Å². The number of unbranched alkanes of at least 4 members (excludes halogenated alkanes) is 1. The smallest absolute Gasteiger partial charge is 0.106 e. The predicted octanol–water partition coefficient (Wildman–Crippen LogP) is 7.69. The third kappa shape index (κ3) is 17.0. The van der Waals surface area contributed by atoms with Crippen LogP contribution in [-0.2, 0) is 4.79 Å². The average Bonchev–Trinajstić information content (AvgIpc) is 2.95. The molecule has 4 heteroatoms. The molecule has 1 aliphatic heterocycles. The second-order valence-corrected chi connectivity index (χ2v) is 10.5. The Hall–Kier alpha value is -2.61. The van der Waals surface area contributed by atoms with E-state index in [9.17, 15) is 0 Å². The first kappa shape index (κ1) is 37.5. The van der Waals surface area contributed by atoms with Crippen molar-refractivity contribution in [1.29, 1.82) is 0 Å². The van der Waals surface area contributed by atoms with Gasteiger partial charge in [0.05, 0.1) is 0 Å². The highest BCUT2D eigenvalue weighted by Gasteiger charge is 2.26. The summed E-state index contributed by atoms with van der Waals surface area (Å²) < 4.78 is 0. The van der Waals surface area contributed by atoms with Crippen LogP contribution in [0.4, 0.5) is 5.69 Å². The molecule has 1 heterocycles. The number of rotatable bonds is 9. The second kappa shape index (κ2) is 24.7. The zero-order chi connectivity index (χ0) is 29.3. The maximum atomic E-state index is 8.00. The molecule has 0 saturated heterocycles. The first-order valence-electron chi connectivity index (χ1n) is 14.1. The number of nitrogens with one attached hydrogen (secondary N) is 2. The van der Waals surface area contributed by atoms with Crippen molar-refractivity contribution in [3.8, 4) is 12.8 Å². The fourth-order valence-corrected chi connectivity index (χ4v) is 4.31. The number of carbonyl (C=O) groups excluding carboxylic acids is 1. The van der Waals surface area contributed by atoms with Gasteiger partial charge in [0.2, 0.25) is 0 Å². The second-order valence-electron chi connectivity index (χ2n) is 10.5. The molecule has 214 valence electrons. The number of hydrogen-bond acceptors (Lipinski definition) is 4. The zero-order valence-corrected chi connectivity index (χ0v) is 25.7. The summed E-state index contributed by atoms with van der Waals surface area (Å²) in [4.78, 5) is 10.2. The number of carbonyl (C=O) groups is 1. The van der Waals surface area contributed by atoms with Gasteiger partial charge < -0.3 is 20.3 Å². The SMILES string of the molecule is C#C.C=O.CCCCN(C)C.CNCC(C)CCC1CNc2ccc(C(C)C)cc2C1C.c1ccccc1. The molecule has 3 unspecified atom stereocenters. The topological polar surface area (TPSA) is 44.4 Å². The van der Waals surface area contributed by atoms with E-state index in [-0.39, 0.29) is 0 Å². The van der Waals surface area contributed by atoms with Crippen LogP contribution in [0.2, 0.25) is 0 Å². The van der Waals surface area contributed by atoms with Crippen LogP contribution < -0.4 is 10.6 Å². The molecule has 2 aromatic carbocycles. The summed E-state index contributed by atoms with van der Waals surface area (Å²) in [6, 6.07) is 19.0. The van der Waals surface area contributed by atoms with Crippen LogP contribution in [0.5, 0.6) is 0 Å². The number of anilines is 1. The van der Waals surface area contributed by atoms with Gasteiger partial charge in [-0.15, -0.1) is 12.8 Å². The lowest BCUT2D eigenvalue weighted by Crippen LogP contribution is -2.27. The minimum atomic E-state index is 0.610. The maximum Gasteiger partial charge on any atom is 0.106 e. The average molecular weight is 524 g/mol. The van der Waals surface area contributed by atoms with Crippen molar-refractivity contribution in [1.82, 2.24) is 10.2 Å². The van der Waals surface area contributed by atoms with E-state index < -0.39 is 0 Å². The predicted molar refractivity (Wildman–Crippen MR) is 170 cm³/mol. The Morgan fingerprint density at radius 1 is 1.05 bits per heavy atom. The summed E-state index contributed by atoms with van der Waals surface area (Å²) in [7, 11) is 6.26. The number of terminal acetylenes is 1. The Morgan fingerprint density at radius 3 is 2.03 bits per heavy atom. The molecular weight excluding hydrogens is 466 g/mol. The van der Waals surface area contributed by atoms with E-state index in [1.165, 1.54) is 49.0 Å². The minimum Gasteiger partial charge on any atom is -0.385 e. The molecular formula is C34H57N3O. The lowest BCUT2D eigenvalue weighted by molar-refractivity contribution is -0.0979. The molecule has 0 bridgehead atoms. The van der Waals surface area contributed by atoms with E-state index >= 15 is 0 Å². The molecule has 0 spiro atoms. The van der Waals surface area contributed by atoms with Crippen molar-refractivity contribution in [3.63, 3.8) is 0 Å². The van der Waals surface area contributed by atoms with Crippen molar-refractivity contribution in [2.75, 3.05) is 46.1 Å². The van der Waals surface area contributed by atoms with E-state index in [1.807, 2.05) is 50.2 Å². The molecule has 38 heavy (non-hydrogen) atoms. The van der Waals surface area contributed by atoms with Crippen LogP contribution in [0, 0.1) is 24.7 Å². The van der Waals surface area contributed by atoms with Gasteiger partial charge in [0.1, 0.15) is 6.79 Å². The fourth-order valence-electron chi connectivity index (χ4n) is 4.31. The van der Waals surface area contributed by atoms with Gasteiger partial charge in [0.15, 0.2) is 0 Å². The maximum absolute atomic E-state index is 8.00. The molecule has 0 amide bonds. The number of fused-ring (bicyclic) bond motifs is 1. The molecule has 1 aliphatic rings. The van der Waals surface area contributed by atoms with Crippen molar-refractivity contribution in [2.45, 2.75) is 72.1 Å². The summed E-state index contributed by atoms with van der Waals surface area (Å²) in [5, 5.41) is 6.94. The minimum absolute atomic E-state index is 0.610. The highest BCUT2D eigenvalue weighted by Crippen LogP contribution is 2.38. The Bertz CT molecular complexity index is 777. The molecule has 2 N–H and O–H groups in total. The van der Waals surface area contributed by atoms with Crippen LogP contribution in [0.1, 0.15) is 83.3 Å². The molecule has 0 aromatic heterocycles. The molecule has 0 radical (unpaired) electrons. The molecule has 3 rings (SSSR count). The van der Waals surface area contributed by atoms with Crippen LogP contribution in [0.15, 0.2) is 54.6 Å². The van der Waals surface area contributed by atoms with Crippen molar-refractivity contribution in [2.24, 2.45) is 11.8 Å². The number of benzene rings is 2. The van der Waals surface area contributed by atoms with Gasteiger partial charge in [-0.1, -0.05) is 89.6 Å². The highest BCUT2D eigenvalue weighted by atomic mass is 16.1. The Labute approximate surface area is 236 Å².